The van der Waals surface area contributed by atoms with Gasteiger partial charge in [0.1, 0.15) is 11.6 Å². The molecule has 2 aliphatic rings. The second kappa shape index (κ2) is 8.31. The van der Waals surface area contributed by atoms with E-state index in [1.807, 2.05) is 26.0 Å². The van der Waals surface area contributed by atoms with E-state index in [1.54, 1.807) is 6.20 Å². The minimum absolute atomic E-state index is 0.0709. The van der Waals surface area contributed by atoms with E-state index in [9.17, 15) is 4.79 Å². The van der Waals surface area contributed by atoms with Crippen LogP contribution < -0.4 is 10.2 Å². The van der Waals surface area contributed by atoms with Crippen molar-refractivity contribution in [2.45, 2.75) is 45.6 Å². The summed E-state index contributed by atoms with van der Waals surface area (Å²) in [4.78, 5) is 21.9. The van der Waals surface area contributed by atoms with Crippen LogP contribution in [0.15, 0.2) is 22.9 Å². The number of hydrogen-bond acceptors (Lipinski definition) is 6. The summed E-state index contributed by atoms with van der Waals surface area (Å²) in [7, 11) is 0. The lowest BCUT2D eigenvalue weighted by Crippen LogP contribution is -2.50. The van der Waals surface area contributed by atoms with E-state index < -0.39 is 0 Å². The molecule has 2 fully saturated rings. The molecule has 150 valence electrons. The number of carbonyl (C=O) groups excluding carboxylic acids is 1. The van der Waals surface area contributed by atoms with Gasteiger partial charge in [-0.1, -0.05) is 5.16 Å². The fraction of sp³-hybridized carbons (Fsp3) is 0.571. The SMILES string of the molecule is Cc1noc(C)c1CCCNC(=O)c1ccc(N2CCN3CCC[C@@H]3C2)nc1. The van der Waals surface area contributed by atoms with Gasteiger partial charge >= 0.3 is 0 Å². The lowest BCUT2D eigenvalue weighted by atomic mass is 10.1. The summed E-state index contributed by atoms with van der Waals surface area (Å²) in [6.45, 7) is 8.89. The van der Waals surface area contributed by atoms with Gasteiger partial charge in [-0.05, 0) is 58.2 Å². The first-order valence-electron chi connectivity index (χ1n) is 10.3. The van der Waals surface area contributed by atoms with E-state index >= 15 is 0 Å². The number of piperazine rings is 1. The Morgan fingerprint density at radius 1 is 1.29 bits per heavy atom. The van der Waals surface area contributed by atoms with Gasteiger partial charge in [0.25, 0.3) is 5.91 Å². The van der Waals surface area contributed by atoms with Crippen molar-refractivity contribution in [1.82, 2.24) is 20.4 Å². The first kappa shape index (κ1) is 18.9. The van der Waals surface area contributed by atoms with Crippen LogP contribution in [-0.4, -0.2) is 59.7 Å². The van der Waals surface area contributed by atoms with Crippen LogP contribution in [0, 0.1) is 13.8 Å². The molecule has 1 amide bonds. The van der Waals surface area contributed by atoms with E-state index in [2.05, 4.69) is 25.3 Å². The summed E-state index contributed by atoms with van der Waals surface area (Å²) in [5.41, 5.74) is 2.69. The number of amides is 1. The zero-order valence-corrected chi connectivity index (χ0v) is 16.8. The Kier molecular flexibility index (Phi) is 5.62. The molecule has 0 aromatic carbocycles. The molecule has 1 atom stereocenters. The number of nitrogens with one attached hydrogen (secondary N) is 1. The van der Waals surface area contributed by atoms with Crippen LogP contribution in [0.25, 0.3) is 0 Å². The summed E-state index contributed by atoms with van der Waals surface area (Å²) in [5, 5.41) is 6.94. The number of nitrogens with zero attached hydrogens (tertiary/aromatic N) is 4. The first-order chi connectivity index (χ1) is 13.6. The van der Waals surface area contributed by atoms with Crippen molar-refractivity contribution in [3.8, 4) is 0 Å². The Morgan fingerprint density at radius 2 is 2.18 bits per heavy atom. The molecule has 7 heteroatoms. The number of aryl methyl sites for hydroxylation is 2. The molecule has 0 spiro atoms. The van der Waals surface area contributed by atoms with E-state index in [-0.39, 0.29) is 5.91 Å². The minimum atomic E-state index is -0.0709. The van der Waals surface area contributed by atoms with Gasteiger partial charge in [0.05, 0.1) is 11.3 Å². The second-order valence-corrected chi connectivity index (χ2v) is 7.85. The molecule has 0 saturated carbocycles. The van der Waals surface area contributed by atoms with Crippen molar-refractivity contribution in [2.24, 2.45) is 0 Å². The number of fused-ring (bicyclic) bond motifs is 1. The van der Waals surface area contributed by atoms with Gasteiger partial charge < -0.3 is 14.7 Å². The molecule has 2 saturated heterocycles. The molecule has 2 aliphatic heterocycles. The van der Waals surface area contributed by atoms with Crippen molar-refractivity contribution in [3.63, 3.8) is 0 Å². The van der Waals surface area contributed by atoms with Gasteiger partial charge in [0, 0.05) is 44.0 Å². The van der Waals surface area contributed by atoms with Crippen molar-refractivity contribution in [3.05, 3.63) is 40.9 Å². The molecular weight excluding hydrogens is 354 g/mol. The highest BCUT2D eigenvalue weighted by molar-refractivity contribution is 5.94. The quantitative estimate of drug-likeness (QED) is 0.772. The number of aromatic nitrogens is 2. The average molecular weight is 383 g/mol. The minimum Gasteiger partial charge on any atom is -0.361 e. The van der Waals surface area contributed by atoms with Crippen LogP contribution in [0.4, 0.5) is 5.82 Å². The fourth-order valence-electron chi connectivity index (χ4n) is 4.33. The molecule has 7 nitrogen and oxygen atoms in total. The van der Waals surface area contributed by atoms with E-state index in [0.29, 0.717) is 18.2 Å². The normalized spacial score (nSPS) is 19.6. The summed E-state index contributed by atoms with van der Waals surface area (Å²) in [5.74, 6) is 1.77. The zero-order chi connectivity index (χ0) is 19.5. The standard InChI is InChI=1S/C21H29N5O2/c1-15-19(16(2)28-24-15)6-3-9-22-21(27)17-7-8-20(23-13-17)26-12-11-25-10-4-5-18(25)14-26/h7-8,13,18H,3-6,9-12,14H2,1-2H3,(H,22,27)/t18-/m1/s1. The van der Waals surface area contributed by atoms with Gasteiger partial charge in [0.2, 0.25) is 0 Å². The highest BCUT2D eigenvalue weighted by atomic mass is 16.5. The van der Waals surface area contributed by atoms with Crippen molar-refractivity contribution in [2.75, 3.05) is 37.6 Å². The van der Waals surface area contributed by atoms with Crippen molar-refractivity contribution >= 4 is 11.7 Å². The van der Waals surface area contributed by atoms with Crippen LogP contribution >= 0.6 is 0 Å². The third kappa shape index (κ3) is 4.04. The lowest BCUT2D eigenvalue weighted by Gasteiger charge is -2.38. The van der Waals surface area contributed by atoms with E-state index in [1.165, 1.54) is 19.4 Å². The van der Waals surface area contributed by atoms with Gasteiger partial charge in [-0.25, -0.2) is 4.98 Å². The number of pyridine rings is 1. The molecule has 2 aromatic heterocycles. The van der Waals surface area contributed by atoms with Gasteiger partial charge in [0.15, 0.2) is 0 Å². The number of rotatable bonds is 6. The number of anilines is 1. The summed E-state index contributed by atoms with van der Waals surface area (Å²) in [6.07, 6.45) is 5.99. The van der Waals surface area contributed by atoms with Crippen LogP contribution in [0.2, 0.25) is 0 Å². The maximum Gasteiger partial charge on any atom is 0.252 e. The maximum atomic E-state index is 12.4. The third-order valence-electron chi connectivity index (χ3n) is 5.99. The highest BCUT2D eigenvalue weighted by Gasteiger charge is 2.30. The molecular formula is C21H29N5O2. The number of hydrogen-bond donors (Lipinski definition) is 1. The molecule has 0 radical (unpaired) electrons. The van der Waals surface area contributed by atoms with Crippen LogP contribution in [0.5, 0.6) is 0 Å². The summed E-state index contributed by atoms with van der Waals surface area (Å²) >= 11 is 0. The van der Waals surface area contributed by atoms with Crippen molar-refractivity contribution in [1.29, 1.82) is 0 Å². The van der Waals surface area contributed by atoms with Crippen molar-refractivity contribution < 1.29 is 9.32 Å². The Balaban J connectivity index is 1.26. The highest BCUT2D eigenvalue weighted by Crippen LogP contribution is 2.24. The molecule has 4 rings (SSSR count). The predicted molar refractivity (Wildman–Crippen MR) is 108 cm³/mol. The Hall–Kier alpha value is -2.41. The van der Waals surface area contributed by atoms with Gasteiger partial charge in [-0.3, -0.25) is 9.69 Å². The Morgan fingerprint density at radius 3 is 2.93 bits per heavy atom. The molecule has 4 heterocycles. The molecule has 0 aliphatic carbocycles. The van der Waals surface area contributed by atoms with E-state index in [4.69, 9.17) is 4.52 Å². The Labute approximate surface area is 166 Å². The second-order valence-electron chi connectivity index (χ2n) is 7.85. The van der Waals surface area contributed by atoms with Gasteiger partial charge in [-0.2, -0.15) is 0 Å². The first-order valence-corrected chi connectivity index (χ1v) is 10.3. The van der Waals surface area contributed by atoms with Crippen LogP contribution in [0.1, 0.15) is 46.6 Å². The smallest absolute Gasteiger partial charge is 0.252 e. The predicted octanol–water partition coefficient (Wildman–Crippen LogP) is 2.33. The molecule has 28 heavy (non-hydrogen) atoms. The molecule has 2 aromatic rings. The maximum absolute atomic E-state index is 12.4. The topological polar surface area (TPSA) is 74.5 Å². The molecule has 0 unspecified atom stereocenters. The summed E-state index contributed by atoms with van der Waals surface area (Å²) < 4.78 is 5.17. The largest absolute Gasteiger partial charge is 0.361 e. The average Bonchev–Trinajstić information content (AvgIpc) is 3.31. The lowest BCUT2D eigenvalue weighted by molar-refractivity contribution is 0.0953. The third-order valence-corrected chi connectivity index (χ3v) is 5.99. The van der Waals surface area contributed by atoms with Gasteiger partial charge in [-0.15, -0.1) is 0 Å². The fourth-order valence-corrected chi connectivity index (χ4v) is 4.33. The number of carbonyl (C=O) groups is 1. The Bertz CT molecular complexity index is 797. The zero-order valence-electron chi connectivity index (χ0n) is 16.8. The van der Waals surface area contributed by atoms with Crippen LogP contribution in [-0.2, 0) is 6.42 Å². The molecule has 0 bridgehead atoms. The monoisotopic (exact) mass is 383 g/mol. The molecule has 1 N–H and O–H groups in total. The van der Waals surface area contributed by atoms with Crippen LogP contribution in [0.3, 0.4) is 0 Å². The summed E-state index contributed by atoms with van der Waals surface area (Å²) in [6, 6.07) is 4.52. The van der Waals surface area contributed by atoms with E-state index in [0.717, 1.165) is 55.3 Å².